The van der Waals surface area contributed by atoms with Gasteiger partial charge in [0.2, 0.25) is 5.91 Å². The molecule has 0 aliphatic rings. The third-order valence-corrected chi connectivity index (χ3v) is 2.66. The van der Waals surface area contributed by atoms with E-state index in [2.05, 4.69) is 44.3 Å². The van der Waals surface area contributed by atoms with Gasteiger partial charge in [-0.2, -0.15) is 0 Å². The van der Waals surface area contributed by atoms with Gasteiger partial charge >= 0.3 is 0 Å². The number of nitrogens with one attached hydrogen (secondary N) is 1. The van der Waals surface area contributed by atoms with Gasteiger partial charge in [-0.05, 0) is 37.0 Å². The highest BCUT2D eigenvalue weighted by atomic mass is 16.1. The van der Waals surface area contributed by atoms with Crippen LogP contribution in [-0.4, -0.2) is 5.91 Å². The summed E-state index contributed by atoms with van der Waals surface area (Å²) in [5.41, 5.74) is 3.42. The quantitative estimate of drug-likeness (QED) is 0.764. The molecule has 0 bridgehead atoms. The molecule has 1 amide bonds. The van der Waals surface area contributed by atoms with Crippen molar-refractivity contribution in [3.63, 3.8) is 0 Å². The van der Waals surface area contributed by atoms with E-state index in [1.54, 1.807) is 0 Å². The van der Waals surface area contributed by atoms with Crippen molar-refractivity contribution in [2.75, 3.05) is 5.32 Å². The second-order valence-electron chi connectivity index (χ2n) is 4.87. The Labute approximate surface area is 120 Å². The molecule has 0 heterocycles. The number of benzene rings is 1. The van der Waals surface area contributed by atoms with Gasteiger partial charge < -0.3 is 5.32 Å². The van der Waals surface area contributed by atoms with E-state index in [-0.39, 0.29) is 7.33 Å². The first-order valence-corrected chi connectivity index (χ1v) is 7.48. The van der Waals surface area contributed by atoms with Crippen molar-refractivity contribution >= 4 is 11.6 Å². The molecule has 1 aromatic rings. The molecular weight excluding hydrogens is 234 g/mol. The summed E-state index contributed by atoms with van der Waals surface area (Å²) in [6, 6.07) is 6.28. The third kappa shape index (κ3) is 7.66. The number of amides is 1. The highest BCUT2D eigenvalue weighted by Gasteiger charge is 2.05. The van der Waals surface area contributed by atoms with Crippen molar-refractivity contribution < 1.29 is 6.22 Å². The average molecular weight is 265 g/mol. The van der Waals surface area contributed by atoms with Crippen LogP contribution in [0.1, 0.15) is 65.9 Å². The van der Waals surface area contributed by atoms with Crippen molar-refractivity contribution in [1.29, 1.82) is 0 Å². The monoisotopic (exact) mass is 265 g/mol. The molecular formula is C17H31NO. The summed E-state index contributed by atoms with van der Waals surface area (Å²) in [6.45, 7) is 10.3. The summed E-state index contributed by atoms with van der Waals surface area (Å²) in [7, 11) is 0. The van der Waals surface area contributed by atoms with Gasteiger partial charge in [-0.1, -0.05) is 52.7 Å². The number of hydrogen-bond donors (Lipinski definition) is 1. The zero-order valence-electron chi connectivity index (χ0n) is 13.2. The van der Waals surface area contributed by atoms with Crippen molar-refractivity contribution in [2.45, 2.75) is 66.7 Å². The average Bonchev–Trinajstić information content (AvgIpc) is 2.38. The normalized spacial score (nSPS) is 9.53. The first kappa shape index (κ1) is 17.7. The summed E-state index contributed by atoms with van der Waals surface area (Å²) in [5, 5.41) is 2.97. The number of hydrogen-bond acceptors (Lipinski definition) is 1. The topological polar surface area (TPSA) is 29.1 Å². The van der Waals surface area contributed by atoms with Crippen molar-refractivity contribution in [2.24, 2.45) is 0 Å². The van der Waals surface area contributed by atoms with Crippen molar-refractivity contribution in [1.82, 2.24) is 0 Å². The summed E-state index contributed by atoms with van der Waals surface area (Å²) >= 11 is 0. The molecule has 0 saturated carbocycles. The van der Waals surface area contributed by atoms with Gasteiger partial charge in [0, 0.05) is 13.5 Å². The van der Waals surface area contributed by atoms with Crippen LogP contribution in [0.15, 0.2) is 18.2 Å². The maximum absolute atomic E-state index is 11.4. The van der Waals surface area contributed by atoms with Crippen LogP contribution in [-0.2, 0) is 11.2 Å². The van der Waals surface area contributed by atoms with Gasteiger partial charge in [0.1, 0.15) is 0 Å². The molecule has 0 fully saturated rings. The van der Waals surface area contributed by atoms with Crippen LogP contribution >= 0.6 is 0 Å². The Morgan fingerprint density at radius 3 is 2.37 bits per heavy atom. The molecule has 0 aliphatic carbocycles. The third-order valence-electron chi connectivity index (χ3n) is 2.66. The number of rotatable bonds is 5. The Kier molecular flexibility index (Phi) is 9.87. The number of carbonyl (C=O) groups excluding carboxylic acids is 1. The fraction of sp³-hybridized carbons (Fsp3) is 0.588. The van der Waals surface area contributed by atoms with E-state index in [1.165, 1.54) is 24.0 Å². The van der Waals surface area contributed by atoms with Crippen LogP contribution in [0.25, 0.3) is 0 Å². The molecule has 0 aliphatic heterocycles. The number of aryl methyl sites for hydroxylation is 2. The van der Waals surface area contributed by atoms with Gasteiger partial charge in [-0.25, -0.2) is 0 Å². The Hall–Kier alpha value is -1.31. The SMILES string of the molecule is CCC.CCCCc1ccc(C)cc1NC(=O)CC.[HH]. The largest absolute Gasteiger partial charge is 0.326 e. The molecule has 0 radical (unpaired) electrons. The Balaban J connectivity index is 0. The van der Waals surface area contributed by atoms with Gasteiger partial charge in [0.05, 0.1) is 0 Å². The second-order valence-corrected chi connectivity index (χ2v) is 4.87. The van der Waals surface area contributed by atoms with E-state index in [0.717, 1.165) is 18.5 Å². The standard InChI is InChI=1S/C14H21NO.C3H8.H2/c1-4-6-7-12-9-8-11(3)10-13(12)15-14(16)5-2;1-3-2;/h8-10H,4-7H2,1-3H3,(H,15,16);3H2,1-2H3;1H. The van der Waals surface area contributed by atoms with Crippen LogP contribution in [0.2, 0.25) is 0 Å². The molecule has 0 unspecified atom stereocenters. The molecule has 0 spiro atoms. The lowest BCUT2D eigenvalue weighted by atomic mass is 10.0. The van der Waals surface area contributed by atoms with E-state index in [0.29, 0.717) is 6.42 Å². The van der Waals surface area contributed by atoms with Crippen molar-refractivity contribution in [3.8, 4) is 0 Å². The zero-order chi connectivity index (χ0) is 14.7. The minimum Gasteiger partial charge on any atom is -0.326 e. The van der Waals surface area contributed by atoms with Gasteiger partial charge in [0.15, 0.2) is 0 Å². The van der Waals surface area contributed by atoms with Crippen LogP contribution in [0.5, 0.6) is 0 Å². The molecule has 110 valence electrons. The van der Waals surface area contributed by atoms with Crippen LogP contribution < -0.4 is 5.32 Å². The van der Waals surface area contributed by atoms with E-state index in [1.807, 2.05) is 13.8 Å². The Morgan fingerprint density at radius 1 is 1.21 bits per heavy atom. The first-order chi connectivity index (χ1) is 9.08. The molecule has 0 aromatic heterocycles. The molecule has 0 saturated heterocycles. The molecule has 1 rings (SSSR count). The van der Waals surface area contributed by atoms with E-state index >= 15 is 0 Å². The van der Waals surface area contributed by atoms with Crippen LogP contribution in [0, 0.1) is 6.92 Å². The predicted molar refractivity (Wildman–Crippen MR) is 86.8 cm³/mol. The Morgan fingerprint density at radius 2 is 1.84 bits per heavy atom. The number of unbranched alkanes of at least 4 members (excludes halogenated alkanes) is 1. The van der Waals surface area contributed by atoms with Crippen molar-refractivity contribution in [3.05, 3.63) is 29.3 Å². The van der Waals surface area contributed by atoms with Gasteiger partial charge in [-0.3, -0.25) is 4.79 Å². The number of carbonyl (C=O) groups is 1. The summed E-state index contributed by atoms with van der Waals surface area (Å²) in [4.78, 5) is 11.4. The number of anilines is 1. The van der Waals surface area contributed by atoms with E-state index < -0.39 is 0 Å². The lowest BCUT2D eigenvalue weighted by molar-refractivity contribution is -0.115. The highest BCUT2D eigenvalue weighted by Crippen LogP contribution is 2.20. The lowest BCUT2D eigenvalue weighted by Crippen LogP contribution is -2.11. The zero-order valence-corrected chi connectivity index (χ0v) is 13.2. The lowest BCUT2D eigenvalue weighted by Gasteiger charge is -2.11. The molecule has 2 heteroatoms. The van der Waals surface area contributed by atoms with Gasteiger partial charge in [-0.15, -0.1) is 0 Å². The van der Waals surface area contributed by atoms with Gasteiger partial charge in [0.25, 0.3) is 0 Å². The smallest absolute Gasteiger partial charge is 0.224 e. The predicted octanol–water partition coefficient (Wildman–Crippen LogP) is 5.35. The van der Waals surface area contributed by atoms with Crippen LogP contribution in [0.3, 0.4) is 0 Å². The molecule has 0 atom stereocenters. The maximum atomic E-state index is 11.4. The van der Waals surface area contributed by atoms with E-state index in [4.69, 9.17) is 0 Å². The molecule has 2 nitrogen and oxygen atoms in total. The second kappa shape index (κ2) is 10.6. The minimum absolute atomic E-state index is 0. The summed E-state index contributed by atoms with van der Waals surface area (Å²) in [5.74, 6) is 0.0864. The minimum atomic E-state index is 0. The Bertz CT molecular complexity index is 377. The first-order valence-electron chi connectivity index (χ1n) is 7.48. The van der Waals surface area contributed by atoms with E-state index in [9.17, 15) is 4.79 Å². The molecule has 1 aromatic carbocycles. The highest BCUT2D eigenvalue weighted by molar-refractivity contribution is 5.91. The maximum Gasteiger partial charge on any atom is 0.224 e. The molecule has 1 N–H and O–H groups in total. The summed E-state index contributed by atoms with van der Waals surface area (Å²) in [6.07, 6.45) is 5.16. The van der Waals surface area contributed by atoms with Crippen LogP contribution in [0.4, 0.5) is 5.69 Å². The summed E-state index contributed by atoms with van der Waals surface area (Å²) < 4.78 is 0. The fourth-order valence-electron chi connectivity index (χ4n) is 1.63. The fourth-order valence-corrected chi connectivity index (χ4v) is 1.63. The molecule has 19 heavy (non-hydrogen) atoms.